The zero-order chi connectivity index (χ0) is 15.1. The smallest absolute Gasteiger partial charge is 0.221 e. The summed E-state index contributed by atoms with van der Waals surface area (Å²) in [6.07, 6.45) is 0. The average molecular weight is 265 g/mol. The van der Waals surface area contributed by atoms with E-state index < -0.39 is 0 Å². The highest BCUT2D eigenvalue weighted by molar-refractivity contribution is 5.93. The molecule has 0 saturated carbocycles. The van der Waals surface area contributed by atoms with E-state index in [0.717, 1.165) is 5.56 Å². The third-order valence-corrected chi connectivity index (χ3v) is 2.33. The molecule has 0 atom stereocenters. The number of amides is 1. The second-order valence-corrected chi connectivity index (χ2v) is 3.94. The molecule has 0 aliphatic carbocycles. The van der Waals surface area contributed by atoms with Crippen molar-refractivity contribution in [3.8, 4) is 18.2 Å². The van der Waals surface area contributed by atoms with Crippen LogP contribution in [0.15, 0.2) is 29.5 Å². The summed E-state index contributed by atoms with van der Waals surface area (Å²) in [6.45, 7) is 3.22. The van der Waals surface area contributed by atoms with Crippen LogP contribution in [-0.4, -0.2) is 5.91 Å². The van der Waals surface area contributed by atoms with Gasteiger partial charge >= 0.3 is 0 Å². The lowest BCUT2D eigenvalue weighted by Crippen LogP contribution is -2.10. The van der Waals surface area contributed by atoms with Crippen LogP contribution in [0.1, 0.15) is 12.5 Å². The Hall–Kier alpha value is -3.30. The number of carbonyl (C=O) groups is 1. The van der Waals surface area contributed by atoms with Crippen LogP contribution in [0.4, 0.5) is 11.4 Å². The van der Waals surface area contributed by atoms with E-state index in [1.165, 1.54) is 6.92 Å². The van der Waals surface area contributed by atoms with Crippen LogP contribution in [-0.2, 0) is 4.79 Å². The van der Waals surface area contributed by atoms with Crippen LogP contribution >= 0.6 is 0 Å². The molecule has 6 heteroatoms. The van der Waals surface area contributed by atoms with Crippen molar-refractivity contribution in [3.63, 3.8) is 0 Å². The van der Waals surface area contributed by atoms with Crippen LogP contribution in [0.25, 0.3) is 0 Å². The molecule has 1 rings (SSSR count). The monoisotopic (exact) mass is 265 g/mol. The lowest BCUT2D eigenvalue weighted by molar-refractivity contribution is -0.114. The summed E-state index contributed by atoms with van der Waals surface area (Å²) < 4.78 is 0. The van der Waals surface area contributed by atoms with E-state index in [9.17, 15) is 4.79 Å². The molecule has 1 aromatic rings. The van der Waals surface area contributed by atoms with E-state index in [1.807, 2.05) is 6.92 Å². The maximum Gasteiger partial charge on any atom is 0.221 e. The molecule has 0 spiro atoms. The molecule has 0 heterocycles. The summed E-state index contributed by atoms with van der Waals surface area (Å²) in [5.41, 5.74) is 1.35. The first-order chi connectivity index (χ1) is 9.51. The Balaban J connectivity index is 3.26. The van der Waals surface area contributed by atoms with Crippen molar-refractivity contribution >= 4 is 17.3 Å². The van der Waals surface area contributed by atoms with E-state index in [0.29, 0.717) is 11.4 Å². The van der Waals surface area contributed by atoms with Crippen molar-refractivity contribution in [2.24, 2.45) is 0 Å². The number of benzene rings is 1. The summed E-state index contributed by atoms with van der Waals surface area (Å²) in [7, 11) is 0. The number of nitrogens with zero attached hydrogens (tertiary/aromatic N) is 3. The molecule has 6 nitrogen and oxygen atoms in total. The largest absolute Gasteiger partial charge is 0.343 e. The van der Waals surface area contributed by atoms with Crippen LogP contribution < -0.4 is 10.6 Å². The Morgan fingerprint density at radius 1 is 1.05 bits per heavy atom. The Morgan fingerprint density at radius 2 is 1.70 bits per heavy atom. The molecule has 20 heavy (non-hydrogen) atoms. The first-order valence-electron chi connectivity index (χ1n) is 5.61. The van der Waals surface area contributed by atoms with Gasteiger partial charge in [0.05, 0.1) is 11.4 Å². The highest BCUT2D eigenvalue weighted by Gasteiger charge is 2.10. The first kappa shape index (κ1) is 14.8. The number of aryl methyl sites for hydroxylation is 1. The molecule has 0 bridgehead atoms. The number of allylic oxidation sites excluding steroid dienone is 2. The Kier molecular flexibility index (Phi) is 4.86. The van der Waals surface area contributed by atoms with E-state index in [1.54, 1.807) is 36.4 Å². The minimum absolute atomic E-state index is 0.162. The predicted molar refractivity (Wildman–Crippen MR) is 73.0 cm³/mol. The fraction of sp³-hybridized carbons (Fsp3) is 0.143. The minimum atomic E-state index is -0.318. The topological polar surface area (TPSA) is 112 Å². The third-order valence-electron chi connectivity index (χ3n) is 2.33. The second-order valence-electron chi connectivity index (χ2n) is 3.94. The van der Waals surface area contributed by atoms with Gasteiger partial charge in [0.25, 0.3) is 0 Å². The Bertz CT molecular complexity index is 682. The Labute approximate surface area is 116 Å². The lowest BCUT2D eigenvalue weighted by Gasteiger charge is -2.12. The van der Waals surface area contributed by atoms with Crippen molar-refractivity contribution in [2.45, 2.75) is 13.8 Å². The molecule has 0 unspecified atom stereocenters. The second kappa shape index (κ2) is 6.58. The van der Waals surface area contributed by atoms with Gasteiger partial charge in [-0.2, -0.15) is 15.8 Å². The van der Waals surface area contributed by atoms with Crippen molar-refractivity contribution in [1.29, 1.82) is 15.8 Å². The molecule has 1 amide bonds. The van der Waals surface area contributed by atoms with Crippen molar-refractivity contribution < 1.29 is 4.79 Å². The van der Waals surface area contributed by atoms with Crippen LogP contribution in [0.5, 0.6) is 0 Å². The van der Waals surface area contributed by atoms with Gasteiger partial charge in [-0.25, -0.2) is 0 Å². The van der Waals surface area contributed by atoms with Crippen molar-refractivity contribution in [1.82, 2.24) is 0 Å². The van der Waals surface area contributed by atoms with Gasteiger partial charge in [-0.15, -0.1) is 0 Å². The molecule has 0 aromatic heterocycles. The zero-order valence-corrected chi connectivity index (χ0v) is 11.0. The van der Waals surface area contributed by atoms with Crippen LogP contribution in [0.2, 0.25) is 0 Å². The van der Waals surface area contributed by atoms with Gasteiger partial charge in [0, 0.05) is 6.92 Å². The lowest BCUT2D eigenvalue weighted by atomic mass is 10.1. The highest BCUT2D eigenvalue weighted by Crippen LogP contribution is 2.25. The molecule has 0 aliphatic heterocycles. The molecule has 2 N–H and O–H groups in total. The number of hydrogen-bond acceptors (Lipinski definition) is 5. The van der Waals surface area contributed by atoms with Gasteiger partial charge in [0.1, 0.15) is 23.9 Å². The summed E-state index contributed by atoms with van der Waals surface area (Å²) in [6, 6.07) is 10.2. The SMILES string of the molecule is CC(=O)Nc1cc(C)ccc1NC(C#N)=C(C#N)C#N. The third kappa shape index (κ3) is 3.60. The van der Waals surface area contributed by atoms with Crippen molar-refractivity contribution in [3.05, 3.63) is 35.0 Å². The maximum atomic E-state index is 11.2. The standard InChI is InChI=1S/C14H11N5O/c1-9-3-4-12(13(5-9)18-10(2)20)19-14(8-17)11(6-15)7-16/h3-5,19H,1-2H3,(H,18,20). The Morgan fingerprint density at radius 3 is 2.20 bits per heavy atom. The number of nitrogens with one attached hydrogen (secondary N) is 2. The van der Waals surface area contributed by atoms with E-state index in [-0.39, 0.29) is 17.2 Å². The van der Waals surface area contributed by atoms with Gasteiger partial charge < -0.3 is 10.6 Å². The fourth-order valence-corrected chi connectivity index (χ4v) is 1.48. The quantitative estimate of drug-likeness (QED) is 0.813. The molecule has 98 valence electrons. The normalized spacial score (nSPS) is 8.55. The number of nitriles is 3. The number of hydrogen-bond donors (Lipinski definition) is 2. The predicted octanol–water partition coefficient (Wildman–Crippen LogP) is 2.19. The fourth-order valence-electron chi connectivity index (χ4n) is 1.48. The minimum Gasteiger partial charge on any atom is -0.343 e. The van der Waals surface area contributed by atoms with E-state index in [2.05, 4.69) is 10.6 Å². The van der Waals surface area contributed by atoms with Gasteiger partial charge in [-0.3, -0.25) is 4.79 Å². The number of anilines is 2. The van der Waals surface area contributed by atoms with Gasteiger partial charge in [0.2, 0.25) is 5.91 Å². The molecule has 1 aromatic carbocycles. The molecular formula is C14H11N5O. The summed E-state index contributed by atoms with van der Waals surface area (Å²) in [5, 5.41) is 31.8. The van der Waals surface area contributed by atoms with E-state index in [4.69, 9.17) is 15.8 Å². The zero-order valence-electron chi connectivity index (χ0n) is 11.0. The van der Waals surface area contributed by atoms with E-state index >= 15 is 0 Å². The molecular weight excluding hydrogens is 254 g/mol. The van der Waals surface area contributed by atoms with Gasteiger partial charge in [-0.1, -0.05) is 6.07 Å². The molecule has 0 aliphatic rings. The molecule has 0 radical (unpaired) electrons. The van der Waals surface area contributed by atoms with Gasteiger partial charge in [-0.05, 0) is 24.6 Å². The average Bonchev–Trinajstić information content (AvgIpc) is 2.40. The van der Waals surface area contributed by atoms with Crippen molar-refractivity contribution in [2.75, 3.05) is 10.6 Å². The number of rotatable bonds is 3. The maximum absolute atomic E-state index is 11.2. The van der Waals surface area contributed by atoms with Gasteiger partial charge in [0.15, 0.2) is 5.57 Å². The molecule has 0 fully saturated rings. The molecule has 0 saturated heterocycles. The first-order valence-corrected chi connectivity index (χ1v) is 5.61. The summed E-state index contributed by atoms with van der Waals surface area (Å²) >= 11 is 0. The summed E-state index contributed by atoms with van der Waals surface area (Å²) in [5.74, 6) is -0.262. The number of carbonyl (C=O) groups excluding carboxylic acids is 1. The van der Waals surface area contributed by atoms with Crippen LogP contribution in [0.3, 0.4) is 0 Å². The highest BCUT2D eigenvalue weighted by atomic mass is 16.1. The van der Waals surface area contributed by atoms with Crippen LogP contribution in [0, 0.1) is 40.9 Å². The summed E-state index contributed by atoms with van der Waals surface area (Å²) in [4.78, 5) is 11.2.